The molecular weight excluding hydrogens is 459 g/mol. The van der Waals surface area contributed by atoms with Crippen LogP contribution in [0.5, 0.6) is 0 Å². The molecule has 1 N–H and O–H groups in total. The van der Waals surface area contributed by atoms with E-state index in [1.165, 1.54) is 18.2 Å². The van der Waals surface area contributed by atoms with E-state index >= 15 is 0 Å². The van der Waals surface area contributed by atoms with Crippen LogP contribution in [0.3, 0.4) is 0 Å². The topological polar surface area (TPSA) is 54.9 Å². The largest absolute Gasteiger partial charge is 0.418 e. The quantitative estimate of drug-likeness (QED) is 0.259. The van der Waals surface area contributed by atoms with E-state index in [-0.39, 0.29) is 11.4 Å². The Morgan fingerprint density at radius 3 is 2.44 bits per heavy atom. The number of aromatic nitrogens is 2. The first kappa shape index (κ1) is 22.1. The lowest BCUT2D eigenvalue weighted by Crippen LogP contribution is -2.18. The van der Waals surface area contributed by atoms with Crippen molar-refractivity contribution in [3.05, 3.63) is 83.4 Å². The van der Waals surface area contributed by atoms with Crippen LogP contribution in [-0.2, 0) is 11.0 Å². The monoisotopic (exact) mass is 473 g/mol. The number of amides is 1. The van der Waals surface area contributed by atoms with Crippen molar-refractivity contribution in [3.63, 3.8) is 0 Å². The number of hydrogen-bond donors (Lipinski definition) is 1. The molecule has 0 aliphatic heterocycles. The van der Waals surface area contributed by atoms with Crippen LogP contribution in [0.1, 0.15) is 5.56 Å². The van der Waals surface area contributed by atoms with Crippen LogP contribution >= 0.6 is 23.4 Å². The number of hydrogen-bond acceptors (Lipinski definition) is 4. The van der Waals surface area contributed by atoms with E-state index in [0.717, 1.165) is 23.4 Å². The number of para-hydroxylation sites is 1. The van der Waals surface area contributed by atoms with Crippen molar-refractivity contribution in [2.75, 3.05) is 11.1 Å². The number of halogens is 4. The van der Waals surface area contributed by atoms with E-state index in [2.05, 4.69) is 15.3 Å². The van der Waals surface area contributed by atoms with Gasteiger partial charge in [0.15, 0.2) is 5.82 Å². The Labute approximate surface area is 190 Å². The first-order chi connectivity index (χ1) is 15.3. The van der Waals surface area contributed by atoms with E-state index < -0.39 is 17.6 Å². The van der Waals surface area contributed by atoms with Gasteiger partial charge in [0.2, 0.25) is 5.91 Å². The highest BCUT2D eigenvalue weighted by Crippen LogP contribution is 2.35. The highest BCUT2D eigenvalue weighted by Gasteiger charge is 2.33. The summed E-state index contributed by atoms with van der Waals surface area (Å²) in [6.45, 7) is 0. The Morgan fingerprint density at radius 2 is 1.69 bits per heavy atom. The lowest BCUT2D eigenvalue weighted by atomic mass is 10.1. The SMILES string of the molecule is O=C(CSc1nc(-c2ccccc2)nc2ccc(Cl)cc12)Nc1ccccc1C(F)(F)F. The maximum absolute atomic E-state index is 13.2. The molecule has 0 radical (unpaired) electrons. The molecule has 4 aromatic rings. The number of fused-ring (bicyclic) bond motifs is 1. The summed E-state index contributed by atoms with van der Waals surface area (Å²) >= 11 is 7.23. The average molecular weight is 474 g/mol. The van der Waals surface area contributed by atoms with Crippen LogP contribution < -0.4 is 5.32 Å². The zero-order valence-corrected chi connectivity index (χ0v) is 17.9. The summed E-state index contributed by atoms with van der Waals surface area (Å²) in [4.78, 5) is 21.6. The first-order valence-corrected chi connectivity index (χ1v) is 10.8. The van der Waals surface area contributed by atoms with Gasteiger partial charge in [-0.25, -0.2) is 9.97 Å². The second-order valence-corrected chi connectivity index (χ2v) is 8.16. The maximum atomic E-state index is 13.2. The van der Waals surface area contributed by atoms with Crippen molar-refractivity contribution in [1.29, 1.82) is 0 Å². The molecule has 0 fully saturated rings. The molecule has 0 saturated heterocycles. The number of alkyl halides is 3. The fraction of sp³-hybridized carbons (Fsp3) is 0.0870. The van der Waals surface area contributed by atoms with Gasteiger partial charge in [-0.1, -0.05) is 65.8 Å². The van der Waals surface area contributed by atoms with Gasteiger partial charge in [0.05, 0.1) is 22.5 Å². The fourth-order valence-electron chi connectivity index (χ4n) is 3.06. The molecule has 0 aliphatic rings. The zero-order valence-electron chi connectivity index (χ0n) is 16.4. The average Bonchev–Trinajstić information content (AvgIpc) is 2.77. The van der Waals surface area contributed by atoms with Crippen molar-refractivity contribution >= 4 is 45.9 Å². The number of carbonyl (C=O) groups excluding carboxylic acids is 1. The molecule has 0 spiro atoms. The standard InChI is InChI=1S/C23H15ClF3N3OS/c24-15-10-11-18-16(12-15)22(30-21(29-18)14-6-2-1-3-7-14)32-13-20(31)28-19-9-5-4-8-17(19)23(25,26)27/h1-12H,13H2,(H,28,31). The minimum absolute atomic E-state index is 0.140. The summed E-state index contributed by atoms with van der Waals surface area (Å²) in [6.07, 6.45) is -4.57. The van der Waals surface area contributed by atoms with E-state index in [0.29, 0.717) is 26.8 Å². The Kier molecular flexibility index (Phi) is 6.34. The van der Waals surface area contributed by atoms with Crippen molar-refractivity contribution in [1.82, 2.24) is 9.97 Å². The highest BCUT2D eigenvalue weighted by atomic mass is 35.5. The molecule has 0 aliphatic carbocycles. The Bertz CT molecular complexity index is 1280. The van der Waals surface area contributed by atoms with E-state index in [9.17, 15) is 18.0 Å². The summed E-state index contributed by atoms with van der Waals surface area (Å²) in [5.41, 5.74) is 0.262. The lowest BCUT2D eigenvalue weighted by Gasteiger charge is -2.13. The van der Waals surface area contributed by atoms with Gasteiger partial charge in [-0.3, -0.25) is 4.79 Å². The predicted octanol–water partition coefficient (Wildman–Crippen LogP) is 6.70. The number of nitrogens with zero attached hydrogens (tertiary/aromatic N) is 2. The van der Waals surface area contributed by atoms with Crippen LogP contribution in [0.2, 0.25) is 5.02 Å². The van der Waals surface area contributed by atoms with Gasteiger partial charge in [-0.2, -0.15) is 13.2 Å². The molecule has 162 valence electrons. The highest BCUT2D eigenvalue weighted by molar-refractivity contribution is 8.00. The van der Waals surface area contributed by atoms with E-state index in [1.807, 2.05) is 30.3 Å². The van der Waals surface area contributed by atoms with Gasteiger partial charge in [0, 0.05) is 16.0 Å². The molecule has 0 bridgehead atoms. The third-order valence-corrected chi connectivity index (χ3v) is 5.73. The molecule has 1 amide bonds. The molecule has 4 nitrogen and oxygen atoms in total. The smallest absolute Gasteiger partial charge is 0.325 e. The number of anilines is 1. The number of carbonyl (C=O) groups is 1. The Hall–Kier alpha value is -3.10. The molecule has 1 aromatic heterocycles. The van der Waals surface area contributed by atoms with Crippen LogP contribution in [0.4, 0.5) is 18.9 Å². The normalized spacial score (nSPS) is 11.5. The van der Waals surface area contributed by atoms with E-state index in [1.54, 1.807) is 18.2 Å². The third kappa shape index (κ3) is 5.03. The van der Waals surface area contributed by atoms with Crippen molar-refractivity contribution in [2.45, 2.75) is 11.2 Å². The van der Waals surface area contributed by atoms with Gasteiger partial charge in [-0.15, -0.1) is 0 Å². The Balaban J connectivity index is 1.60. The molecule has 0 saturated carbocycles. The van der Waals surface area contributed by atoms with Crippen LogP contribution in [0.25, 0.3) is 22.3 Å². The van der Waals surface area contributed by atoms with Gasteiger partial charge in [0.25, 0.3) is 0 Å². The molecule has 4 rings (SSSR count). The van der Waals surface area contributed by atoms with Crippen LogP contribution in [-0.4, -0.2) is 21.6 Å². The van der Waals surface area contributed by atoms with E-state index in [4.69, 9.17) is 11.6 Å². The molecule has 32 heavy (non-hydrogen) atoms. The molecular formula is C23H15ClF3N3OS. The van der Waals surface area contributed by atoms with Gasteiger partial charge in [0.1, 0.15) is 5.03 Å². The second kappa shape index (κ2) is 9.18. The molecule has 9 heteroatoms. The maximum Gasteiger partial charge on any atom is 0.418 e. The minimum Gasteiger partial charge on any atom is -0.325 e. The predicted molar refractivity (Wildman–Crippen MR) is 121 cm³/mol. The summed E-state index contributed by atoms with van der Waals surface area (Å²) in [6, 6.07) is 19.4. The van der Waals surface area contributed by atoms with Gasteiger partial charge in [-0.05, 0) is 30.3 Å². The van der Waals surface area contributed by atoms with Crippen LogP contribution in [0, 0.1) is 0 Å². The third-order valence-electron chi connectivity index (χ3n) is 4.50. The summed E-state index contributed by atoms with van der Waals surface area (Å²) in [5, 5.41) is 4.00. The second-order valence-electron chi connectivity index (χ2n) is 6.76. The number of thioether (sulfide) groups is 1. The molecule has 0 unspecified atom stereocenters. The summed E-state index contributed by atoms with van der Waals surface area (Å²) in [7, 11) is 0. The zero-order chi connectivity index (χ0) is 22.7. The van der Waals surface area contributed by atoms with Crippen molar-refractivity contribution in [3.8, 4) is 11.4 Å². The number of rotatable bonds is 5. The number of nitrogens with one attached hydrogen (secondary N) is 1. The first-order valence-electron chi connectivity index (χ1n) is 9.43. The van der Waals surface area contributed by atoms with Crippen LogP contribution in [0.15, 0.2) is 77.8 Å². The lowest BCUT2D eigenvalue weighted by molar-refractivity contribution is -0.137. The fourth-order valence-corrected chi connectivity index (χ4v) is 4.04. The molecule has 3 aromatic carbocycles. The summed E-state index contributed by atoms with van der Waals surface area (Å²) < 4.78 is 39.5. The summed E-state index contributed by atoms with van der Waals surface area (Å²) in [5.74, 6) is -0.244. The molecule has 0 atom stereocenters. The Morgan fingerprint density at radius 1 is 0.969 bits per heavy atom. The molecule has 1 heterocycles. The minimum atomic E-state index is -4.57. The van der Waals surface area contributed by atoms with Crippen molar-refractivity contribution in [2.24, 2.45) is 0 Å². The van der Waals surface area contributed by atoms with Gasteiger partial charge < -0.3 is 5.32 Å². The van der Waals surface area contributed by atoms with Crippen molar-refractivity contribution < 1.29 is 18.0 Å². The van der Waals surface area contributed by atoms with Gasteiger partial charge >= 0.3 is 6.18 Å². The number of benzene rings is 3.